The summed E-state index contributed by atoms with van der Waals surface area (Å²) >= 11 is 5.33. The van der Waals surface area contributed by atoms with E-state index in [0.29, 0.717) is 27.9 Å². The molecule has 6 heteroatoms. The number of ether oxygens (including phenoxy) is 2. The predicted molar refractivity (Wildman–Crippen MR) is 103 cm³/mol. The molecular weight excluding hydrogens is 322 g/mol. The van der Waals surface area contributed by atoms with E-state index in [-0.39, 0.29) is 0 Å². The van der Waals surface area contributed by atoms with Crippen LogP contribution >= 0.6 is 12.2 Å². The third kappa shape index (κ3) is 5.09. The highest BCUT2D eigenvalue weighted by atomic mass is 32.1. The van der Waals surface area contributed by atoms with Crippen molar-refractivity contribution in [3.63, 3.8) is 0 Å². The topological polar surface area (TPSA) is 54.9 Å². The first-order valence-electron chi connectivity index (χ1n) is 8.17. The number of methoxy groups -OCH3 is 2. The van der Waals surface area contributed by atoms with Gasteiger partial charge in [-0.3, -0.25) is 5.43 Å². The molecule has 1 fully saturated rings. The molecule has 0 aliphatic heterocycles. The minimum atomic E-state index is 0.302. The second-order valence-electron chi connectivity index (χ2n) is 7.17. The zero-order valence-corrected chi connectivity index (χ0v) is 15.9. The van der Waals surface area contributed by atoms with E-state index in [4.69, 9.17) is 21.7 Å². The number of hydrogen-bond acceptors (Lipinski definition) is 4. The summed E-state index contributed by atoms with van der Waals surface area (Å²) in [4.78, 5) is 0. The van der Waals surface area contributed by atoms with E-state index in [9.17, 15) is 0 Å². The van der Waals surface area contributed by atoms with E-state index < -0.39 is 0 Å². The molecule has 1 unspecified atom stereocenters. The molecule has 5 nitrogen and oxygen atoms in total. The van der Waals surface area contributed by atoms with E-state index >= 15 is 0 Å². The molecule has 1 atom stereocenters. The van der Waals surface area contributed by atoms with E-state index in [1.807, 2.05) is 18.2 Å². The monoisotopic (exact) mass is 349 g/mol. The molecule has 0 radical (unpaired) electrons. The molecule has 1 aromatic rings. The number of anilines is 1. The van der Waals surface area contributed by atoms with Crippen LogP contribution in [0.3, 0.4) is 0 Å². The Hall–Kier alpha value is -1.82. The van der Waals surface area contributed by atoms with Gasteiger partial charge in [0.2, 0.25) is 0 Å². The molecule has 132 valence electrons. The lowest BCUT2D eigenvalue weighted by Crippen LogP contribution is -2.31. The smallest absolute Gasteiger partial charge is 0.191 e. The summed E-state index contributed by atoms with van der Waals surface area (Å²) < 4.78 is 10.5. The maximum absolute atomic E-state index is 5.33. The van der Waals surface area contributed by atoms with Crippen molar-refractivity contribution < 1.29 is 9.47 Å². The number of thiocarbonyl (C=S) groups is 1. The SMILES string of the molecule is COc1ccc(NC(=S)NN=C2CC(C)CC(C)(C)C2)cc1OC. The van der Waals surface area contributed by atoms with E-state index in [1.165, 1.54) is 12.1 Å². The summed E-state index contributed by atoms with van der Waals surface area (Å²) in [6.45, 7) is 6.85. The maximum Gasteiger partial charge on any atom is 0.191 e. The minimum absolute atomic E-state index is 0.302. The Morgan fingerprint density at radius 1 is 1.25 bits per heavy atom. The highest BCUT2D eigenvalue weighted by molar-refractivity contribution is 7.80. The summed E-state index contributed by atoms with van der Waals surface area (Å²) in [6.07, 6.45) is 3.26. The summed E-state index contributed by atoms with van der Waals surface area (Å²) in [5.74, 6) is 1.99. The number of nitrogens with one attached hydrogen (secondary N) is 2. The average Bonchev–Trinajstić information content (AvgIpc) is 2.51. The fraction of sp³-hybridized carbons (Fsp3) is 0.556. The van der Waals surface area contributed by atoms with Crippen LogP contribution in [0, 0.1) is 11.3 Å². The van der Waals surface area contributed by atoms with Crippen LogP contribution in [0.2, 0.25) is 0 Å². The van der Waals surface area contributed by atoms with E-state index in [2.05, 4.69) is 36.6 Å². The van der Waals surface area contributed by atoms with Crippen LogP contribution in [0.15, 0.2) is 23.3 Å². The molecule has 0 aromatic heterocycles. The van der Waals surface area contributed by atoms with Gasteiger partial charge >= 0.3 is 0 Å². The van der Waals surface area contributed by atoms with Crippen molar-refractivity contribution in [2.45, 2.75) is 40.0 Å². The van der Waals surface area contributed by atoms with Crippen LogP contribution in [-0.2, 0) is 0 Å². The first-order valence-corrected chi connectivity index (χ1v) is 8.58. The Bertz CT molecular complexity index is 629. The standard InChI is InChI=1S/C18H27N3O2S/c1-12-8-14(11-18(2,3)10-12)20-21-17(24)19-13-6-7-15(22-4)16(9-13)23-5/h6-7,9,12H,8,10-11H2,1-5H3,(H2,19,21,24). The summed E-state index contributed by atoms with van der Waals surface area (Å²) in [5.41, 5.74) is 5.26. The van der Waals surface area contributed by atoms with Crippen LogP contribution < -0.4 is 20.2 Å². The molecule has 1 aliphatic carbocycles. The van der Waals surface area contributed by atoms with E-state index in [0.717, 1.165) is 18.5 Å². The first-order chi connectivity index (χ1) is 11.3. The highest BCUT2D eigenvalue weighted by Crippen LogP contribution is 2.36. The van der Waals surface area contributed by atoms with Gasteiger partial charge in [0.15, 0.2) is 16.6 Å². The average molecular weight is 350 g/mol. The van der Waals surface area contributed by atoms with Gasteiger partial charge in [-0.2, -0.15) is 5.10 Å². The predicted octanol–water partition coefficient (Wildman–Crippen LogP) is 4.19. The number of hydrazone groups is 1. The van der Waals surface area contributed by atoms with Crippen LogP contribution in [0.4, 0.5) is 5.69 Å². The fourth-order valence-corrected chi connectivity index (χ4v) is 3.57. The Kier molecular flexibility index (Phi) is 6.04. The molecule has 1 saturated carbocycles. The van der Waals surface area contributed by atoms with Gasteiger partial charge in [0, 0.05) is 17.5 Å². The second kappa shape index (κ2) is 7.83. The number of hydrogen-bond donors (Lipinski definition) is 2. The fourth-order valence-electron chi connectivity index (χ4n) is 3.40. The molecule has 2 rings (SSSR count). The summed E-state index contributed by atoms with van der Waals surface area (Å²) in [6, 6.07) is 5.56. The van der Waals surface area contributed by atoms with Crippen molar-refractivity contribution in [3.05, 3.63) is 18.2 Å². The lowest BCUT2D eigenvalue weighted by molar-refractivity contribution is 0.265. The lowest BCUT2D eigenvalue weighted by atomic mass is 9.72. The normalized spacial score (nSPS) is 21.2. The van der Waals surface area contributed by atoms with Crippen LogP contribution in [0.25, 0.3) is 0 Å². The molecule has 0 heterocycles. The van der Waals surface area contributed by atoms with Crippen LogP contribution in [0.1, 0.15) is 40.0 Å². The first kappa shape index (κ1) is 18.5. The summed E-state index contributed by atoms with van der Waals surface area (Å²) in [7, 11) is 3.22. The third-order valence-corrected chi connectivity index (χ3v) is 4.32. The van der Waals surface area contributed by atoms with Crippen LogP contribution in [-0.4, -0.2) is 25.0 Å². The third-order valence-electron chi connectivity index (χ3n) is 4.12. The van der Waals surface area contributed by atoms with Crippen molar-refractivity contribution in [2.75, 3.05) is 19.5 Å². The second-order valence-corrected chi connectivity index (χ2v) is 7.58. The van der Waals surface area contributed by atoms with Gasteiger partial charge in [-0.05, 0) is 54.9 Å². The van der Waals surface area contributed by atoms with Crippen molar-refractivity contribution in [3.8, 4) is 11.5 Å². The van der Waals surface area contributed by atoms with Crippen molar-refractivity contribution >= 4 is 28.7 Å². The molecule has 0 spiro atoms. The maximum atomic E-state index is 5.33. The molecule has 24 heavy (non-hydrogen) atoms. The molecule has 2 N–H and O–H groups in total. The highest BCUT2D eigenvalue weighted by Gasteiger charge is 2.29. The van der Waals surface area contributed by atoms with Gasteiger partial charge in [-0.25, -0.2) is 0 Å². The van der Waals surface area contributed by atoms with Crippen molar-refractivity contribution in [1.29, 1.82) is 0 Å². The molecule has 0 saturated heterocycles. The molecule has 1 aliphatic rings. The van der Waals surface area contributed by atoms with Crippen molar-refractivity contribution in [2.24, 2.45) is 16.4 Å². The Labute approximate surface area is 149 Å². The van der Waals surface area contributed by atoms with Gasteiger partial charge in [0.1, 0.15) is 0 Å². The molecule has 0 bridgehead atoms. The molecular formula is C18H27N3O2S. The summed E-state index contributed by atoms with van der Waals surface area (Å²) in [5, 5.41) is 8.09. The lowest BCUT2D eigenvalue weighted by Gasteiger charge is -2.34. The van der Waals surface area contributed by atoms with E-state index in [1.54, 1.807) is 14.2 Å². The number of nitrogens with zero attached hydrogens (tertiary/aromatic N) is 1. The van der Waals surface area contributed by atoms with Gasteiger partial charge in [-0.15, -0.1) is 0 Å². The number of rotatable bonds is 4. The van der Waals surface area contributed by atoms with Gasteiger partial charge in [-0.1, -0.05) is 20.8 Å². The Morgan fingerprint density at radius 3 is 2.58 bits per heavy atom. The number of benzene rings is 1. The zero-order chi connectivity index (χ0) is 17.7. The molecule has 1 aromatic carbocycles. The van der Waals surface area contributed by atoms with Gasteiger partial charge in [0.25, 0.3) is 0 Å². The van der Waals surface area contributed by atoms with Crippen molar-refractivity contribution in [1.82, 2.24) is 5.43 Å². The van der Waals surface area contributed by atoms with Crippen LogP contribution in [0.5, 0.6) is 11.5 Å². The van der Waals surface area contributed by atoms with Gasteiger partial charge < -0.3 is 14.8 Å². The largest absolute Gasteiger partial charge is 0.493 e. The minimum Gasteiger partial charge on any atom is -0.493 e. The zero-order valence-electron chi connectivity index (χ0n) is 15.1. The molecule has 0 amide bonds. The Morgan fingerprint density at radius 2 is 1.96 bits per heavy atom. The quantitative estimate of drug-likeness (QED) is 0.630. The Balaban J connectivity index is 1.97. The van der Waals surface area contributed by atoms with Gasteiger partial charge in [0.05, 0.1) is 14.2 Å².